The van der Waals surface area contributed by atoms with Gasteiger partial charge >= 0.3 is 0 Å². The molecule has 2 aliphatic heterocycles. The molecule has 6 rings (SSSR count). The minimum Gasteiger partial charge on any atom is -0.322 e. The van der Waals surface area contributed by atoms with Crippen LogP contribution in [0.15, 0.2) is 93.2 Å². The van der Waals surface area contributed by atoms with Crippen LogP contribution in [0.2, 0.25) is 0 Å². The number of aromatic nitrogens is 1. The van der Waals surface area contributed by atoms with Crippen LogP contribution in [0.4, 0.5) is 11.4 Å². The van der Waals surface area contributed by atoms with Crippen LogP contribution in [-0.4, -0.2) is 16.4 Å². The fourth-order valence-corrected chi connectivity index (χ4v) is 6.41. The summed E-state index contributed by atoms with van der Waals surface area (Å²) in [4.78, 5) is 46.1. The van der Waals surface area contributed by atoms with Crippen molar-refractivity contribution in [2.24, 2.45) is 4.99 Å². The maximum Gasteiger partial charge on any atom is 0.272 e. The molecular formula is C26H18N4O3S2. The molecule has 0 bridgehead atoms. The number of para-hydroxylation sites is 2. The first-order valence-corrected chi connectivity index (χ1v) is 12.6. The number of allylic oxidation sites excluding steroid dienone is 1. The standard InChI is InChI=1S/C26H18N4O3S2/c1-14-19(23(31)28-15-8-3-2-4-9-15)21(18-12-7-13-34-18)30-25(33)22(35-26(30)27-14)20-16-10-5-6-11-17(16)29-24(20)32/h2-13,21H,1H3,(H,28,31)(H,29,32)/b22-20-. The number of benzene rings is 2. The van der Waals surface area contributed by atoms with Crippen molar-refractivity contribution < 1.29 is 9.59 Å². The van der Waals surface area contributed by atoms with Crippen molar-refractivity contribution in [3.63, 3.8) is 0 Å². The first kappa shape index (κ1) is 21.5. The first-order valence-electron chi connectivity index (χ1n) is 10.9. The van der Waals surface area contributed by atoms with E-state index in [2.05, 4.69) is 15.6 Å². The van der Waals surface area contributed by atoms with Crippen molar-refractivity contribution in [3.8, 4) is 0 Å². The summed E-state index contributed by atoms with van der Waals surface area (Å²) in [6.45, 7) is 1.78. The zero-order chi connectivity index (χ0) is 24.1. The normalized spacial score (nSPS) is 18.0. The molecule has 0 aliphatic carbocycles. The Morgan fingerprint density at radius 1 is 1.03 bits per heavy atom. The van der Waals surface area contributed by atoms with Crippen LogP contribution in [0.1, 0.15) is 23.4 Å². The molecule has 2 amide bonds. The molecule has 1 atom stereocenters. The third-order valence-electron chi connectivity index (χ3n) is 5.98. The highest BCUT2D eigenvalue weighted by atomic mass is 32.1. The Bertz CT molecular complexity index is 1710. The van der Waals surface area contributed by atoms with Gasteiger partial charge in [0.2, 0.25) is 0 Å². The number of anilines is 2. The lowest BCUT2D eigenvalue weighted by molar-refractivity contribution is -0.113. The van der Waals surface area contributed by atoms with Gasteiger partial charge in [0.05, 0.1) is 16.8 Å². The van der Waals surface area contributed by atoms with Crippen molar-refractivity contribution in [1.29, 1.82) is 0 Å². The highest BCUT2D eigenvalue weighted by Gasteiger charge is 2.34. The summed E-state index contributed by atoms with van der Waals surface area (Å²) in [7, 11) is 0. The van der Waals surface area contributed by atoms with E-state index in [1.807, 2.05) is 60.0 Å². The Morgan fingerprint density at radius 3 is 2.57 bits per heavy atom. The molecule has 9 heteroatoms. The molecule has 0 fully saturated rings. The number of amides is 2. The molecule has 172 valence electrons. The van der Waals surface area contributed by atoms with Gasteiger partial charge in [-0.05, 0) is 36.6 Å². The van der Waals surface area contributed by atoms with Crippen molar-refractivity contribution in [3.05, 3.63) is 114 Å². The van der Waals surface area contributed by atoms with E-state index in [9.17, 15) is 14.4 Å². The molecule has 2 N–H and O–H groups in total. The van der Waals surface area contributed by atoms with Gasteiger partial charge < -0.3 is 10.6 Å². The minimum absolute atomic E-state index is 0.310. The van der Waals surface area contributed by atoms with Gasteiger partial charge in [-0.2, -0.15) is 0 Å². The molecule has 35 heavy (non-hydrogen) atoms. The number of carbonyl (C=O) groups excluding carboxylic acids is 2. The number of nitrogens with one attached hydrogen (secondary N) is 2. The Morgan fingerprint density at radius 2 is 1.80 bits per heavy atom. The number of rotatable bonds is 3. The van der Waals surface area contributed by atoms with Crippen LogP contribution in [0, 0.1) is 0 Å². The van der Waals surface area contributed by atoms with Crippen LogP contribution in [0.3, 0.4) is 0 Å². The van der Waals surface area contributed by atoms with E-state index >= 15 is 0 Å². The average molecular weight is 499 g/mol. The molecular weight excluding hydrogens is 480 g/mol. The molecule has 2 aromatic heterocycles. The van der Waals surface area contributed by atoms with Crippen molar-refractivity contribution in [1.82, 2.24) is 4.57 Å². The lowest BCUT2D eigenvalue weighted by Crippen LogP contribution is -2.41. The highest BCUT2D eigenvalue weighted by molar-refractivity contribution is 7.10. The SMILES string of the molecule is CC1=C(C(=O)Nc2ccccc2)C(c2cccs2)n2c(s/c(=C3\C(=O)Nc4ccccc43)c2=O)=N1. The average Bonchev–Trinajstić information content (AvgIpc) is 3.56. The zero-order valence-corrected chi connectivity index (χ0v) is 20.1. The maximum atomic E-state index is 13.9. The number of nitrogens with zero attached hydrogens (tertiary/aromatic N) is 2. The van der Waals surface area contributed by atoms with E-state index in [0.717, 1.165) is 4.88 Å². The maximum absolute atomic E-state index is 13.9. The predicted molar refractivity (Wildman–Crippen MR) is 137 cm³/mol. The lowest BCUT2D eigenvalue weighted by atomic mass is 10.0. The number of hydrogen-bond donors (Lipinski definition) is 2. The highest BCUT2D eigenvalue weighted by Crippen LogP contribution is 2.34. The molecule has 4 aromatic rings. The van der Waals surface area contributed by atoms with Gasteiger partial charge in [-0.15, -0.1) is 11.3 Å². The second kappa shape index (κ2) is 8.30. The number of hydrogen-bond acceptors (Lipinski definition) is 6. The van der Waals surface area contributed by atoms with Crippen LogP contribution < -0.4 is 25.5 Å². The summed E-state index contributed by atoms with van der Waals surface area (Å²) in [5, 5.41) is 7.68. The molecule has 2 aliphatic rings. The third kappa shape index (κ3) is 3.48. The fraction of sp³-hybridized carbons (Fsp3) is 0.0769. The molecule has 7 nitrogen and oxygen atoms in total. The molecule has 0 saturated heterocycles. The number of fused-ring (bicyclic) bond motifs is 2. The van der Waals surface area contributed by atoms with Gasteiger partial charge in [-0.1, -0.05) is 53.8 Å². The predicted octanol–water partition coefficient (Wildman–Crippen LogP) is 3.26. The molecule has 0 spiro atoms. The molecule has 0 saturated carbocycles. The molecule has 0 radical (unpaired) electrons. The third-order valence-corrected chi connectivity index (χ3v) is 7.96. The summed E-state index contributed by atoms with van der Waals surface area (Å²) in [6, 6.07) is 19.6. The van der Waals surface area contributed by atoms with E-state index in [1.54, 1.807) is 23.6 Å². The summed E-state index contributed by atoms with van der Waals surface area (Å²) in [6.07, 6.45) is 0. The Labute approximate surface area is 207 Å². The van der Waals surface area contributed by atoms with Crippen LogP contribution in [-0.2, 0) is 9.59 Å². The van der Waals surface area contributed by atoms with Crippen molar-refractivity contribution >= 4 is 51.4 Å². The van der Waals surface area contributed by atoms with Gasteiger partial charge in [-0.3, -0.25) is 19.0 Å². The number of carbonyl (C=O) groups is 2. The van der Waals surface area contributed by atoms with Crippen molar-refractivity contribution in [2.45, 2.75) is 13.0 Å². The summed E-state index contributed by atoms with van der Waals surface area (Å²) in [5.74, 6) is -0.639. The Balaban J connectivity index is 1.57. The van der Waals surface area contributed by atoms with Crippen LogP contribution >= 0.6 is 22.7 Å². The largest absolute Gasteiger partial charge is 0.322 e. The quantitative estimate of drug-likeness (QED) is 0.454. The van der Waals surface area contributed by atoms with Crippen LogP contribution in [0.25, 0.3) is 5.57 Å². The van der Waals surface area contributed by atoms with E-state index in [1.165, 1.54) is 22.7 Å². The van der Waals surface area contributed by atoms with Gasteiger partial charge in [-0.25, -0.2) is 4.99 Å². The van der Waals surface area contributed by atoms with Crippen LogP contribution in [0.5, 0.6) is 0 Å². The van der Waals surface area contributed by atoms with Gasteiger partial charge in [0.15, 0.2) is 4.80 Å². The number of thiazole rings is 1. The second-order valence-corrected chi connectivity index (χ2v) is 10.1. The van der Waals surface area contributed by atoms with E-state index < -0.39 is 6.04 Å². The minimum atomic E-state index is -0.649. The summed E-state index contributed by atoms with van der Waals surface area (Å²) < 4.78 is 1.85. The van der Waals surface area contributed by atoms with Crippen molar-refractivity contribution in [2.75, 3.05) is 10.6 Å². The van der Waals surface area contributed by atoms with E-state index in [0.29, 0.717) is 43.1 Å². The van der Waals surface area contributed by atoms with Gasteiger partial charge in [0.25, 0.3) is 17.4 Å². The molecule has 1 unspecified atom stereocenters. The molecule has 2 aromatic carbocycles. The Kier molecular flexibility index (Phi) is 5.09. The second-order valence-electron chi connectivity index (χ2n) is 8.11. The topological polar surface area (TPSA) is 92.6 Å². The summed E-state index contributed by atoms with van der Waals surface area (Å²) >= 11 is 2.64. The monoisotopic (exact) mass is 498 g/mol. The van der Waals surface area contributed by atoms with E-state index in [4.69, 9.17) is 0 Å². The van der Waals surface area contributed by atoms with Gasteiger partial charge in [0.1, 0.15) is 10.6 Å². The smallest absolute Gasteiger partial charge is 0.272 e. The number of thiophene rings is 1. The first-order chi connectivity index (χ1) is 17.0. The fourth-order valence-electron chi connectivity index (χ4n) is 4.44. The lowest BCUT2D eigenvalue weighted by Gasteiger charge is -2.24. The Hall–Kier alpha value is -4.08. The van der Waals surface area contributed by atoms with Gasteiger partial charge in [0, 0.05) is 21.8 Å². The van der Waals surface area contributed by atoms with E-state index in [-0.39, 0.29) is 17.4 Å². The summed E-state index contributed by atoms with van der Waals surface area (Å²) in [5.41, 5.74) is 2.95. The molecule has 4 heterocycles. The zero-order valence-electron chi connectivity index (χ0n) is 18.4.